The molecule has 1 fully saturated rings. The largest absolute Gasteiger partial charge is 0.319 e. The zero-order chi connectivity index (χ0) is 15.4. The zero-order valence-electron chi connectivity index (χ0n) is 13.7. The summed E-state index contributed by atoms with van der Waals surface area (Å²) in [7, 11) is 0. The molecule has 21 heavy (non-hydrogen) atoms. The lowest BCUT2D eigenvalue weighted by molar-refractivity contribution is -0.132. The predicted octanol–water partition coefficient (Wildman–Crippen LogP) is 3.78. The molecule has 1 aromatic carbocycles. The first kappa shape index (κ1) is 16.0. The Kier molecular flexibility index (Phi) is 5.40. The standard InChI is InChI=1S/C18H28N2O/c1-5-8-14(4)20-17(15-11-7-10-13(3)12-15)19-16(9-6-2)18(20)21/h7,10-12,14,16-17,19H,5-6,8-9H2,1-4H3. The summed E-state index contributed by atoms with van der Waals surface area (Å²) >= 11 is 0. The van der Waals surface area contributed by atoms with E-state index in [-0.39, 0.29) is 24.2 Å². The molecular formula is C18H28N2O. The van der Waals surface area contributed by atoms with Crippen LogP contribution in [0.3, 0.4) is 0 Å². The van der Waals surface area contributed by atoms with Crippen LogP contribution in [0.5, 0.6) is 0 Å². The van der Waals surface area contributed by atoms with Crippen molar-refractivity contribution < 1.29 is 4.79 Å². The van der Waals surface area contributed by atoms with E-state index in [4.69, 9.17) is 0 Å². The van der Waals surface area contributed by atoms with Gasteiger partial charge in [0.15, 0.2) is 0 Å². The monoisotopic (exact) mass is 288 g/mol. The molecule has 0 aliphatic carbocycles. The summed E-state index contributed by atoms with van der Waals surface area (Å²) in [6.07, 6.45) is 4.12. The molecule has 1 N–H and O–H groups in total. The van der Waals surface area contributed by atoms with E-state index in [1.165, 1.54) is 11.1 Å². The molecule has 1 heterocycles. The lowest BCUT2D eigenvalue weighted by atomic mass is 10.1. The number of aryl methyl sites for hydroxylation is 1. The van der Waals surface area contributed by atoms with Crippen LogP contribution < -0.4 is 5.32 Å². The Labute approximate surface area is 128 Å². The number of hydrogen-bond donors (Lipinski definition) is 1. The maximum absolute atomic E-state index is 12.7. The van der Waals surface area contributed by atoms with Gasteiger partial charge in [-0.25, -0.2) is 0 Å². The Morgan fingerprint density at radius 2 is 2.05 bits per heavy atom. The molecule has 1 aliphatic rings. The van der Waals surface area contributed by atoms with Crippen molar-refractivity contribution in [2.24, 2.45) is 0 Å². The molecule has 0 radical (unpaired) electrons. The topological polar surface area (TPSA) is 32.3 Å². The number of nitrogens with zero attached hydrogens (tertiary/aromatic N) is 1. The van der Waals surface area contributed by atoms with Crippen molar-refractivity contribution in [1.29, 1.82) is 0 Å². The second-order valence-electron chi connectivity index (χ2n) is 6.21. The molecule has 0 aromatic heterocycles. The molecule has 3 unspecified atom stereocenters. The highest BCUT2D eigenvalue weighted by molar-refractivity contribution is 5.84. The summed E-state index contributed by atoms with van der Waals surface area (Å²) in [6, 6.07) is 8.74. The SMILES string of the molecule is CCCC1NC(c2cccc(C)c2)N(C(C)CCC)C1=O. The van der Waals surface area contributed by atoms with Crippen molar-refractivity contribution in [1.82, 2.24) is 10.2 Å². The summed E-state index contributed by atoms with van der Waals surface area (Å²) in [5, 5.41) is 3.55. The smallest absolute Gasteiger partial charge is 0.241 e. The molecule has 1 amide bonds. The number of nitrogens with one attached hydrogen (secondary N) is 1. The number of benzene rings is 1. The molecule has 2 rings (SSSR count). The molecule has 0 saturated carbocycles. The predicted molar refractivity (Wildman–Crippen MR) is 87.0 cm³/mol. The van der Waals surface area contributed by atoms with Crippen molar-refractivity contribution in [3.05, 3.63) is 35.4 Å². The quantitative estimate of drug-likeness (QED) is 0.864. The normalized spacial score (nSPS) is 23.6. The van der Waals surface area contributed by atoms with E-state index in [2.05, 4.69) is 62.2 Å². The Morgan fingerprint density at radius 1 is 1.29 bits per heavy atom. The summed E-state index contributed by atoms with van der Waals surface area (Å²) in [5.41, 5.74) is 2.44. The van der Waals surface area contributed by atoms with Crippen LogP contribution in [0.1, 0.15) is 63.7 Å². The maximum Gasteiger partial charge on any atom is 0.241 e. The van der Waals surface area contributed by atoms with Crippen molar-refractivity contribution >= 4 is 5.91 Å². The first-order valence-electron chi connectivity index (χ1n) is 8.23. The van der Waals surface area contributed by atoms with E-state index in [9.17, 15) is 4.79 Å². The molecule has 3 heteroatoms. The average molecular weight is 288 g/mol. The van der Waals surface area contributed by atoms with Gasteiger partial charge >= 0.3 is 0 Å². The van der Waals surface area contributed by atoms with Crippen LogP contribution in [0.25, 0.3) is 0 Å². The summed E-state index contributed by atoms with van der Waals surface area (Å²) in [5.74, 6) is 0.268. The molecule has 3 nitrogen and oxygen atoms in total. The number of carbonyl (C=O) groups is 1. The first-order chi connectivity index (χ1) is 10.1. The third kappa shape index (κ3) is 3.46. The lowest BCUT2D eigenvalue weighted by Crippen LogP contribution is -2.38. The summed E-state index contributed by atoms with van der Waals surface area (Å²) in [4.78, 5) is 14.8. The van der Waals surface area contributed by atoms with Crippen molar-refractivity contribution in [2.45, 2.75) is 71.6 Å². The first-order valence-corrected chi connectivity index (χ1v) is 8.23. The number of carbonyl (C=O) groups excluding carboxylic acids is 1. The average Bonchev–Trinajstić information content (AvgIpc) is 2.77. The van der Waals surface area contributed by atoms with E-state index in [1.54, 1.807) is 0 Å². The zero-order valence-corrected chi connectivity index (χ0v) is 13.7. The Morgan fingerprint density at radius 3 is 2.67 bits per heavy atom. The molecule has 3 atom stereocenters. The minimum absolute atomic E-state index is 0.0236. The molecule has 116 valence electrons. The highest BCUT2D eigenvalue weighted by Gasteiger charge is 2.41. The van der Waals surface area contributed by atoms with Gasteiger partial charge in [-0.2, -0.15) is 0 Å². The fourth-order valence-corrected chi connectivity index (χ4v) is 3.27. The van der Waals surface area contributed by atoms with Crippen LogP contribution in [0.4, 0.5) is 0 Å². The van der Waals surface area contributed by atoms with Crippen LogP contribution in [0, 0.1) is 6.92 Å². The van der Waals surface area contributed by atoms with Gasteiger partial charge in [-0.15, -0.1) is 0 Å². The van der Waals surface area contributed by atoms with Crippen molar-refractivity contribution in [3.8, 4) is 0 Å². The van der Waals surface area contributed by atoms with Crippen LogP contribution in [-0.2, 0) is 4.79 Å². The highest BCUT2D eigenvalue weighted by atomic mass is 16.2. The fraction of sp³-hybridized carbons (Fsp3) is 0.611. The Balaban J connectivity index is 2.29. The van der Waals surface area contributed by atoms with Gasteiger partial charge in [-0.1, -0.05) is 56.5 Å². The minimum atomic E-state index is -0.0279. The van der Waals surface area contributed by atoms with E-state index < -0.39 is 0 Å². The van der Waals surface area contributed by atoms with Gasteiger partial charge in [0, 0.05) is 6.04 Å². The molecule has 0 bridgehead atoms. The number of rotatable bonds is 6. The molecular weight excluding hydrogens is 260 g/mol. The Hall–Kier alpha value is -1.35. The minimum Gasteiger partial charge on any atom is -0.319 e. The van der Waals surface area contributed by atoms with Crippen LogP contribution >= 0.6 is 0 Å². The fourth-order valence-electron chi connectivity index (χ4n) is 3.27. The van der Waals surface area contributed by atoms with Gasteiger partial charge in [0.25, 0.3) is 0 Å². The van der Waals surface area contributed by atoms with Gasteiger partial charge in [-0.05, 0) is 32.3 Å². The molecule has 1 aliphatic heterocycles. The van der Waals surface area contributed by atoms with E-state index >= 15 is 0 Å². The van der Waals surface area contributed by atoms with E-state index in [0.29, 0.717) is 0 Å². The van der Waals surface area contributed by atoms with Gasteiger partial charge in [-0.3, -0.25) is 10.1 Å². The number of hydrogen-bond acceptors (Lipinski definition) is 2. The Bertz CT molecular complexity index is 486. The second-order valence-corrected chi connectivity index (χ2v) is 6.21. The van der Waals surface area contributed by atoms with Gasteiger partial charge < -0.3 is 4.90 Å². The lowest BCUT2D eigenvalue weighted by Gasteiger charge is -2.30. The molecule has 0 spiro atoms. The number of amides is 1. The van der Waals surface area contributed by atoms with E-state index in [0.717, 1.165) is 25.7 Å². The third-order valence-electron chi connectivity index (χ3n) is 4.31. The summed E-state index contributed by atoms with van der Waals surface area (Å²) in [6.45, 7) is 8.58. The second kappa shape index (κ2) is 7.08. The van der Waals surface area contributed by atoms with Crippen LogP contribution in [0.2, 0.25) is 0 Å². The van der Waals surface area contributed by atoms with Gasteiger partial charge in [0.05, 0.1) is 6.04 Å². The summed E-state index contributed by atoms with van der Waals surface area (Å²) < 4.78 is 0. The van der Waals surface area contributed by atoms with E-state index in [1.807, 2.05) is 0 Å². The third-order valence-corrected chi connectivity index (χ3v) is 4.31. The van der Waals surface area contributed by atoms with Crippen molar-refractivity contribution in [2.75, 3.05) is 0 Å². The van der Waals surface area contributed by atoms with Gasteiger partial charge in [0.1, 0.15) is 6.17 Å². The van der Waals surface area contributed by atoms with Gasteiger partial charge in [0.2, 0.25) is 5.91 Å². The molecule has 1 aromatic rings. The van der Waals surface area contributed by atoms with Crippen molar-refractivity contribution in [3.63, 3.8) is 0 Å². The highest BCUT2D eigenvalue weighted by Crippen LogP contribution is 2.30. The van der Waals surface area contributed by atoms with Crippen LogP contribution in [-0.4, -0.2) is 22.9 Å². The maximum atomic E-state index is 12.7. The van der Waals surface area contributed by atoms with Crippen LogP contribution in [0.15, 0.2) is 24.3 Å². The molecule has 1 saturated heterocycles.